The van der Waals surface area contributed by atoms with Gasteiger partial charge < -0.3 is 45.4 Å². The minimum Gasteiger partial charge on any atom is -0.493 e. The number of aromatic amines is 1. The Morgan fingerprint density at radius 1 is 1.00 bits per heavy atom. The van der Waals surface area contributed by atoms with Gasteiger partial charge in [-0.05, 0) is 72.1 Å². The van der Waals surface area contributed by atoms with Crippen LogP contribution in [0.1, 0.15) is 29.3 Å². The second-order valence-corrected chi connectivity index (χ2v) is 12.8. The lowest BCUT2D eigenvalue weighted by Gasteiger charge is -2.42. The van der Waals surface area contributed by atoms with E-state index in [2.05, 4.69) is 4.98 Å². The molecular weight excluding hydrogens is 677 g/mol. The van der Waals surface area contributed by atoms with Crippen molar-refractivity contribution in [1.29, 1.82) is 0 Å². The van der Waals surface area contributed by atoms with Crippen LogP contribution in [0.4, 0.5) is 4.79 Å². The Morgan fingerprint density at radius 3 is 2.41 bits per heavy atom. The molecule has 3 aromatic carbocycles. The maximum absolute atomic E-state index is 13.6. The Bertz CT molecular complexity index is 1800. The van der Waals surface area contributed by atoms with E-state index in [9.17, 15) is 25.2 Å². The molecule has 1 aromatic heterocycles. The minimum absolute atomic E-state index is 0.181. The number of hydrogen-bond donors (Lipinski definition) is 7. The zero-order chi connectivity index (χ0) is 34.8. The summed E-state index contributed by atoms with van der Waals surface area (Å²) in [6, 6.07) is 19.2. The van der Waals surface area contributed by atoms with Gasteiger partial charge in [0.2, 0.25) is 0 Å². The van der Waals surface area contributed by atoms with Crippen LogP contribution in [0, 0.1) is 0 Å². The quantitative estimate of drug-likeness (QED) is 0.0993. The van der Waals surface area contributed by atoms with E-state index < -0.39 is 49.4 Å². The molecule has 0 saturated carbocycles. The number of hydrogen-bond acceptors (Lipinski definition) is 11. The Kier molecular flexibility index (Phi) is 10.5. The zero-order valence-electron chi connectivity index (χ0n) is 26.2. The fraction of sp³-hybridized carbons (Fsp3) is 0.324. The molecule has 3 heterocycles. The fourth-order valence-corrected chi connectivity index (χ4v) is 6.46. The highest BCUT2D eigenvalue weighted by molar-refractivity contribution is 6.31. The number of H-pyrrole nitrogens is 1. The first-order chi connectivity index (χ1) is 23.5. The molecule has 6 atom stereocenters. The number of hydrazine groups is 1. The molecule has 0 aliphatic carbocycles. The van der Waals surface area contributed by atoms with Gasteiger partial charge in [-0.3, -0.25) is 9.91 Å². The van der Waals surface area contributed by atoms with Gasteiger partial charge in [-0.2, -0.15) is 0 Å². The van der Waals surface area contributed by atoms with Gasteiger partial charge >= 0.3 is 6.09 Å². The molecule has 49 heavy (non-hydrogen) atoms. The maximum Gasteiger partial charge on any atom is 0.416 e. The molecule has 9 N–H and O–H groups in total. The van der Waals surface area contributed by atoms with E-state index in [-0.39, 0.29) is 13.0 Å². The number of aromatic nitrogens is 1. The summed E-state index contributed by atoms with van der Waals surface area (Å²) in [4.78, 5) is 18.8. The smallest absolute Gasteiger partial charge is 0.416 e. The van der Waals surface area contributed by atoms with Crippen LogP contribution in [0.3, 0.4) is 0 Å². The van der Waals surface area contributed by atoms with Gasteiger partial charge in [0.05, 0.1) is 13.2 Å². The number of fused-ring (bicyclic) bond motifs is 3. The van der Waals surface area contributed by atoms with Crippen molar-refractivity contribution in [2.45, 2.75) is 49.5 Å². The fourth-order valence-electron chi connectivity index (χ4n) is 6.16. The van der Waals surface area contributed by atoms with Gasteiger partial charge in [0.1, 0.15) is 42.0 Å². The SMILES string of the molecule is N/C(=C\N(N)C1OC(CO)C(O)C(O)C1O)CCOc1ccc(C2c3[nH]c4ccc(Cl)cc4c3CCN2C(=O)Oc2ccc(Cl)cc2)cc1. The zero-order valence-corrected chi connectivity index (χ0v) is 27.7. The number of ether oxygens (including phenoxy) is 3. The monoisotopic (exact) mass is 713 g/mol. The van der Waals surface area contributed by atoms with Crippen molar-refractivity contribution in [3.8, 4) is 11.5 Å². The molecule has 13 nitrogen and oxygen atoms in total. The van der Waals surface area contributed by atoms with E-state index in [4.69, 9.17) is 49.0 Å². The van der Waals surface area contributed by atoms with E-state index in [0.29, 0.717) is 40.2 Å². The predicted octanol–water partition coefficient (Wildman–Crippen LogP) is 3.17. The lowest BCUT2D eigenvalue weighted by atomic mass is 9.92. The van der Waals surface area contributed by atoms with Crippen LogP contribution in [0.25, 0.3) is 10.9 Å². The number of amides is 1. The number of rotatable bonds is 9. The third-order valence-corrected chi connectivity index (χ3v) is 9.16. The lowest BCUT2D eigenvalue weighted by molar-refractivity contribution is -0.259. The number of benzene rings is 3. The average Bonchev–Trinajstić information content (AvgIpc) is 3.46. The number of aliphatic hydroxyl groups is 4. The highest BCUT2D eigenvalue weighted by Gasteiger charge is 2.45. The Morgan fingerprint density at radius 2 is 1.69 bits per heavy atom. The van der Waals surface area contributed by atoms with Crippen LogP contribution < -0.4 is 21.1 Å². The molecule has 4 aromatic rings. The number of aliphatic hydroxyl groups excluding tert-OH is 4. The van der Waals surface area contributed by atoms with Gasteiger partial charge in [-0.15, -0.1) is 0 Å². The molecule has 6 rings (SSSR count). The Hall–Kier alpha value is -4.05. The van der Waals surface area contributed by atoms with Gasteiger partial charge in [0.25, 0.3) is 0 Å². The molecule has 1 amide bonds. The van der Waals surface area contributed by atoms with E-state index in [1.165, 1.54) is 6.20 Å². The summed E-state index contributed by atoms with van der Waals surface area (Å²) >= 11 is 12.3. The molecule has 2 aliphatic heterocycles. The standard InChI is InChI=1S/C34H37Cl2N5O8/c35-19-3-8-23(9-4-19)48-34(46)40-13-11-24-25-15-20(36)5-10-26(25)39-28(24)29(40)18-1-6-22(7-2-18)47-14-12-21(37)16-41(38)33-32(45)31(44)30(43)27(17-42)49-33/h1-10,15-16,27,29-33,39,42-45H,11-14,17,37-38H2/b21-16-. The number of nitrogens with one attached hydrogen (secondary N) is 1. The molecule has 0 radical (unpaired) electrons. The van der Waals surface area contributed by atoms with Crippen molar-refractivity contribution in [3.05, 3.63) is 105 Å². The van der Waals surface area contributed by atoms with Gasteiger partial charge in [-0.1, -0.05) is 35.3 Å². The summed E-state index contributed by atoms with van der Waals surface area (Å²) in [6.45, 7) is 0.0139. The normalized spacial score (nSPS) is 24.1. The number of carbonyl (C=O) groups excluding carboxylic acids is 1. The molecule has 2 aliphatic rings. The first-order valence-corrected chi connectivity index (χ1v) is 16.4. The van der Waals surface area contributed by atoms with Crippen LogP contribution >= 0.6 is 23.2 Å². The molecule has 1 saturated heterocycles. The summed E-state index contributed by atoms with van der Waals surface area (Å²) in [5, 5.41) is 42.9. The summed E-state index contributed by atoms with van der Waals surface area (Å²) in [7, 11) is 0. The summed E-state index contributed by atoms with van der Waals surface area (Å²) in [5.74, 6) is 6.95. The number of nitrogens with two attached hydrogens (primary N) is 2. The molecular formula is C34H37Cl2N5O8. The highest BCUT2D eigenvalue weighted by atomic mass is 35.5. The van der Waals surface area contributed by atoms with E-state index in [1.807, 2.05) is 30.3 Å². The largest absolute Gasteiger partial charge is 0.493 e. The van der Waals surface area contributed by atoms with Crippen molar-refractivity contribution in [3.63, 3.8) is 0 Å². The molecule has 0 bridgehead atoms. The number of carbonyl (C=O) groups is 1. The van der Waals surface area contributed by atoms with Gasteiger partial charge in [0, 0.05) is 51.5 Å². The Balaban J connectivity index is 1.15. The number of nitrogens with zero attached hydrogens (tertiary/aromatic N) is 2. The van der Waals surface area contributed by atoms with Gasteiger partial charge in [0.15, 0.2) is 6.23 Å². The predicted molar refractivity (Wildman–Crippen MR) is 182 cm³/mol. The highest BCUT2D eigenvalue weighted by Crippen LogP contribution is 2.40. The number of halogens is 2. The van der Waals surface area contributed by atoms with Crippen molar-refractivity contribution < 1.29 is 39.4 Å². The van der Waals surface area contributed by atoms with Crippen LogP contribution in [-0.2, 0) is 11.2 Å². The van der Waals surface area contributed by atoms with Gasteiger partial charge in [-0.25, -0.2) is 10.6 Å². The van der Waals surface area contributed by atoms with Crippen molar-refractivity contribution in [2.75, 3.05) is 19.8 Å². The Labute approximate surface area is 291 Å². The molecule has 0 spiro atoms. The van der Waals surface area contributed by atoms with Crippen molar-refractivity contribution >= 4 is 40.2 Å². The van der Waals surface area contributed by atoms with Crippen LogP contribution in [0.5, 0.6) is 11.5 Å². The van der Waals surface area contributed by atoms with E-state index in [0.717, 1.165) is 32.7 Å². The summed E-state index contributed by atoms with van der Waals surface area (Å²) in [6.07, 6.45) is -5.29. The van der Waals surface area contributed by atoms with E-state index in [1.54, 1.807) is 41.3 Å². The minimum atomic E-state index is -1.57. The lowest BCUT2D eigenvalue weighted by Crippen LogP contribution is -2.63. The van der Waals surface area contributed by atoms with Crippen molar-refractivity contribution in [1.82, 2.24) is 14.9 Å². The van der Waals surface area contributed by atoms with Crippen LogP contribution in [-0.4, -0.2) is 91.8 Å². The third kappa shape index (κ3) is 7.44. The molecule has 15 heteroatoms. The van der Waals surface area contributed by atoms with Crippen LogP contribution in [0.2, 0.25) is 10.0 Å². The molecule has 6 unspecified atom stereocenters. The second-order valence-electron chi connectivity index (χ2n) is 11.9. The maximum atomic E-state index is 13.6. The summed E-state index contributed by atoms with van der Waals surface area (Å²) < 4.78 is 17.1. The van der Waals surface area contributed by atoms with Crippen molar-refractivity contribution in [2.24, 2.45) is 11.6 Å². The topological polar surface area (TPSA) is 200 Å². The molecule has 1 fully saturated rings. The summed E-state index contributed by atoms with van der Waals surface area (Å²) in [5.41, 5.74) is 10.1. The third-order valence-electron chi connectivity index (χ3n) is 8.67. The van der Waals surface area contributed by atoms with E-state index >= 15 is 0 Å². The first kappa shape index (κ1) is 34.8. The average molecular weight is 715 g/mol. The van der Waals surface area contributed by atoms with Crippen LogP contribution in [0.15, 0.2) is 78.6 Å². The molecule has 260 valence electrons. The first-order valence-electron chi connectivity index (χ1n) is 15.6. The second kappa shape index (κ2) is 14.8.